The van der Waals surface area contributed by atoms with Crippen molar-refractivity contribution in [3.8, 4) is 0 Å². The molecule has 2 aliphatic rings. The smallest absolute Gasteiger partial charge is 0.176 e. The van der Waals surface area contributed by atoms with Gasteiger partial charge in [0.25, 0.3) is 0 Å². The molecule has 0 spiro atoms. The second kappa shape index (κ2) is 6.58. The minimum atomic E-state index is -0.0495. The van der Waals surface area contributed by atoms with Gasteiger partial charge in [0.2, 0.25) is 0 Å². The largest absolute Gasteiger partial charge is 0.360 e. The van der Waals surface area contributed by atoms with Crippen molar-refractivity contribution in [3.05, 3.63) is 41.5 Å². The number of hydrogen-bond donors (Lipinski definition) is 1. The highest BCUT2D eigenvalue weighted by molar-refractivity contribution is 7.99. The zero-order valence-electron chi connectivity index (χ0n) is 15.2. The van der Waals surface area contributed by atoms with Gasteiger partial charge in [-0.3, -0.25) is 0 Å². The molecule has 0 aliphatic carbocycles. The fourth-order valence-electron chi connectivity index (χ4n) is 3.58. The fraction of sp³-hybridized carbons (Fsp3) is 0.350. The first-order valence-electron chi connectivity index (χ1n) is 9.19. The lowest BCUT2D eigenvalue weighted by Crippen LogP contribution is -2.49. The minimum Gasteiger partial charge on any atom is -0.360 e. The number of likely N-dealkylation sites (tertiary alicyclic amines) is 1. The molecule has 4 heterocycles. The van der Waals surface area contributed by atoms with Gasteiger partial charge in [0, 0.05) is 39.0 Å². The highest BCUT2D eigenvalue weighted by atomic mass is 32.2. The third kappa shape index (κ3) is 3.35. The summed E-state index contributed by atoms with van der Waals surface area (Å²) in [6, 6.07) is 8.48. The molecule has 0 atom stereocenters. The average molecular weight is 396 g/mol. The molecule has 0 saturated carbocycles. The number of nitrogens with zero attached hydrogens (tertiary/aromatic N) is 4. The summed E-state index contributed by atoms with van der Waals surface area (Å²) in [7, 11) is 0. The van der Waals surface area contributed by atoms with Crippen LogP contribution in [0.4, 0.5) is 5.82 Å². The molecule has 27 heavy (non-hydrogen) atoms. The maximum absolute atomic E-state index is 6.25. The van der Waals surface area contributed by atoms with Gasteiger partial charge in [0.15, 0.2) is 5.82 Å². The number of thiophene rings is 1. The van der Waals surface area contributed by atoms with Crippen molar-refractivity contribution in [1.29, 1.82) is 0 Å². The van der Waals surface area contributed by atoms with Crippen LogP contribution in [-0.2, 0) is 6.42 Å². The Morgan fingerprint density at radius 3 is 2.89 bits per heavy atom. The quantitative estimate of drug-likeness (QED) is 0.703. The predicted molar refractivity (Wildman–Crippen MR) is 112 cm³/mol. The summed E-state index contributed by atoms with van der Waals surface area (Å²) >= 11 is 3.45. The summed E-state index contributed by atoms with van der Waals surface area (Å²) < 4.78 is 1.30. The molecule has 7 heteroatoms. The summed E-state index contributed by atoms with van der Waals surface area (Å²) in [6.45, 7) is 4.06. The number of aromatic nitrogens is 2. The number of rotatable bonds is 2. The normalized spacial score (nSPS) is 18.6. The molecule has 0 bridgehead atoms. The second-order valence-corrected chi connectivity index (χ2v) is 9.50. The molecule has 1 aromatic carbocycles. The number of hydrogen-bond acceptors (Lipinski definition) is 7. The molecular formula is C20H21N5S2. The van der Waals surface area contributed by atoms with Crippen LogP contribution in [0.3, 0.4) is 0 Å². The van der Waals surface area contributed by atoms with E-state index in [0.29, 0.717) is 0 Å². The molecule has 0 radical (unpaired) electrons. The van der Waals surface area contributed by atoms with E-state index in [1.807, 2.05) is 6.20 Å². The van der Waals surface area contributed by atoms with Gasteiger partial charge in [-0.05, 0) is 25.8 Å². The van der Waals surface area contributed by atoms with Crippen molar-refractivity contribution in [2.45, 2.75) is 41.6 Å². The zero-order valence-corrected chi connectivity index (χ0v) is 16.8. The standard InChI is InChI=1S/C20H21N5S2/c1-20(21)6-8-25(9-7-20)17-10-14-19(24-17)22-11-18(23-14)27-16-12-26-15-5-3-2-4-13(15)16/h2-5,11-12H,6-10,21H2,1H3. The van der Waals surface area contributed by atoms with Crippen molar-refractivity contribution in [2.75, 3.05) is 13.1 Å². The van der Waals surface area contributed by atoms with Crippen LogP contribution in [-0.4, -0.2) is 39.3 Å². The Morgan fingerprint density at radius 1 is 1.22 bits per heavy atom. The van der Waals surface area contributed by atoms with Gasteiger partial charge < -0.3 is 10.6 Å². The van der Waals surface area contributed by atoms with Crippen molar-refractivity contribution >= 4 is 44.8 Å². The SMILES string of the molecule is CC1(N)CCN(C2=Nc3ncc(Sc4csc5ccccc45)nc3C2)CC1. The van der Waals surface area contributed by atoms with Gasteiger partial charge in [-0.25, -0.2) is 15.0 Å². The highest BCUT2D eigenvalue weighted by Gasteiger charge is 2.30. The number of amidine groups is 1. The summed E-state index contributed by atoms with van der Waals surface area (Å²) in [5, 5.41) is 4.41. The van der Waals surface area contributed by atoms with Crippen LogP contribution in [0.1, 0.15) is 25.5 Å². The van der Waals surface area contributed by atoms with Crippen LogP contribution in [0.15, 0.2) is 50.8 Å². The summed E-state index contributed by atoms with van der Waals surface area (Å²) in [4.78, 5) is 17.7. The molecule has 3 aromatic rings. The lowest BCUT2D eigenvalue weighted by atomic mass is 9.91. The Hall–Kier alpha value is -1.96. The summed E-state index contributed by atoms with van der Waals surface area (Å²) in [5.74, 6) is 1.86. The van der Waals surface area contributed by atoms with Crippen molar-refractivity contribution in [1.82, 2.24) is 14.9 Å². The molecule has 1 fully saturated rings. The van der Waals surface area contributed by atoms with E-state index >= 15 is 0 Å². The first-order valence-corrected chi connectivity index (χ1v) is 10.9. The molecular weight excluding hydrogens is 374 g/mol. The van der Waals surface area contributed by atoms with E-state index in [4.69, 9.17) is 15.7 Å². The molecule has 2 aliphatic heterocycles. The Balaban J connectivity index is 1.33. The maximum Gasteiger partial charge on any atom is 0.176 e. The van der Waals surface area contributed by atoms with Crippen LogP contribution >= 0.6 is 23.1 Å². The number of aliphatic imine (C=N–C) groups is 1. The molecule has 1 saturated heterocycles. The van der Waals surface area contributed by atoms with Crippen LogP contribution in [0, 0.1) is 0 Å². The van der Waals surface area contributed by atoms with Crippen LogP contribution in [0.2, 0.25) is 0 Å². The molecule has 0 amide bonds. The van der Waals surface area contributed by atoms with Gasteiger partial charge >= 0.3 is 0 Å². The van der Waals surface area contributed by atoms with Gasteiger partial charge in [0.1, 0.15) is 10.9 Å². The second-order valence-electron chi connectivity index (χ2n) is 7.52. The number of fused-ring (bicyclic) bond motifs is 2. The third-order valence-electron chi connectivity index (χ3n) is 5.29. The van der Waals surface area contributed by atoms with Crippen LogP contribution < -0.4 is 5.73 Å². The lowest BCUT2D eigenvalue weighted by molar-refractivity contribution is 0.243. The van der Waals surface area contributed by atoms with E-state index in [1.54, 1.807) is 23.1 Å². The predicted octanol–water partition coefficient (Wildman–Crippen LogP) is 4.24. The third-order valence-corrected chi connectivity index (χ3v) is 7.37. The van der Waals surface area contributed by atoms with E-state index in [1.165, 1.54) is 15.0 Å². The van der Waals surface area contributed by atoms with Crippen LogP contribution in [0.5, 0.6) is 0 Å². The monoisotopic (exact) mass is 395 g/mol. The zero-order chi connectivity index (χ0) is 18.4. The van der Waals surface area contributed by atoms with Gasteiger partial charge in [-0.1, -0.05) is 30.0 Å². The highest BCUT2D eigenvalue weighted by Crippen LogP contribution is 2.37. The lowest BCUT2D eigenvalue weighted by Gasteiger charge is -2.37. The molecule has 5 rings (SSSR count). The van der Waals surface area contributed by atoms with Crippen LogP contribution in [0.25, 0.3) is 10.1 Å². The first-order chi connectivity index (χ1) is 13.1. The Kier molecular flexibility index (Phi) is 4.18. The van der Waals surface area contributed by atoms with Gasteiger partial charge in [-0.2, -0.15) is 0 Å². The Morgan fingerprint density at radius 2 is 2.04 bits per heavy atom. The van der Waals surface area contributed by atoms with E-state index in [2.05, 4.69) is 46.5 Å². The molecule has 0 unspecified atom stereocenters. The number of nitrogens with two attached hydrogens (primary N) is 1. The molecule has 2 N–H and O–H groups in total. The topological polar surface area (TPSA) is 67.4 Å². The Labute approximate surface area is 166 Å². The maximum atomic E-state index is 6.25. The number of benzene rings is 1. The van der Waals surface area contributed by atoms with Crippen molar-refractivity contribution in [2.24, 2.45) is 10.7 Å². The van der Waals surface area contributed by atoms with Crippen molar-refractivity contribution in [3.63, 3.8) is 0 Å². The fourth-order valence-corrected chi connectivity index (χ4v) is 5.58. The van der Waals surface area contributed by atoms with Gasteiger partial charge in [-0.15, -0.1) is 11.3 Å². The van der Waals surface area contributed by atoms with E-state index < -0.39 is 0 Å². The first kappa shape index (κ1) is 17.2. The minimum absolute atomic E-state index is 0.0495. The Bertz CT molecular complexity index is 1030. The summed E-state index contributed by atoms with van der Waals surface area (Å²) in [6.07, 6.45) is 4.60. The average Bonchev–Trinajstić information content (AvgIpc) is 3.26. The molecule has 5 nitrogen and oxygen atoms in total. The number of piperidine rings is 1. The van der Waals surface area contributed by atoms with E-state index in [9.17, 15) is 0 Å². The molecule has 2 aromatic heterocycles. The molecule has 138 valence electrons. The van der Waals surface area contributed by atoms with Crippen molar-refractivity contribution < 1.29 is 0 Å². The van der Waals surface area contributed by atoms with E-state index in [0.717, 1.165) is 54.7 Å². The summed E-state index contributed by atoms with van der Waals surface area (Å²) in [5.41, 5.74) is 7.19. The van der Waals surface area contributed by atoms with E-state index in [-0.39, 0.29) is 5.54 Å². The van der Waals surface area contributed by atoms with Gasteiger partial charge in [0.05, 0.1) is 18.3 Å².